The van der Waals surface area contributed by atoms with Crippen LogP contribution >= 0.6 is 0 Å². The zero-order valence-corrected chi connectivity index (χ0v) is 12.7. The third-order valence-electron chi connectivity index (χ3n) is 4.21. The fraction of sp³-hybridized carbons (Fsp3) is 0.500. The fourth-order valence-electron chi connectivity index (χ4n) is 2.85. The van der Waals surface area contributed by atoms with Gasteiger partial charge in [0.05, 0.1) is 6.54 Å². The maximum Gasteiger partial charge on any atom is 0.414 e. The Labute approximate surface area is 141 Å². The van der Waals surface area contributed by atoms with Crippen LogP contribution < -0.4 is 15.5 Å². The third kappa shape index (κ3) is 3.53. The summed E-state index contributed by atoms with van der Waals surface area (Å²) in [4.78, 5) is 27.8. The van der Waals surface area contributed by atoms with Crippen LogP contribution in [-0.2, 0) is 4.74 Å². The topological polar surface area (TPSA) is 99.3 Å². The van der Waals surface area contributed by atoms with Crippen molar-refractivity contribution < 1.29 is 19.4 Å². The number of rotatable bonds is 3. The van der Waals surface area contributed by atoms with Crippen molar-refractivity contribution >= 4 is 23.6 Å². The van der Waals surface area contributed by atoms with Crippen molar-refractivity contribution in [3.63, 3.8) is 0 Å². The van der Waals surface area contributed by atoms with Crippen LogP contribution in [0.4, 0.5) is 21.0 Å². The molecule has 2 aliphatic heterocycles. The van der Waals surface area contributed by atoms with E-state index in [0.29, 0.717) is 39.3 Å². The zero-order valence-electron chi connectivity index (χ0n) is 12.7. The van der Waals surface area contributed by atoms with E-state index in [2.05, 4.69) is 4.90 Å². The van der Waals surface area contributed by atoms with Crippen molar-refractivity contribution in [2.45, 2.75) is 13.5 Å². The van der Waals surface area contributed by atoms with Crippen LogP contribution in [0.3, 0.4) is 0 Å². The molecule has 8 nitrogen and oxygen atoms in total. The minimum atomic E-state index is -0.873. The van der Waals surface area contributed by atoms with E-state index in [4.69, 9.17) is 15.6 Å². The van der Waals surface area contributed by atoms with Crippen molar-refractivity contribution in [3.8, 4) is 0 Å². The summed E-state index contributed by atoms with van der Waals surface area (Å²) in [7, 11) is 0. The molecule has 0 bridgehead atoms. The number of carboxylic acid groups (broad SMARTS) is 1. The molecule has 24 heavy (non-hydrogen) atoms. The van der Waals surface area contributed by atoms with Crippen LogP contribution in [0.5, 0.6) is 0 Å². The molecule has 2 amide bonds. The van der Waals surface area contributed by atoms with Crippen LogP contribution in [-0.4, -0.2) is 67.6 Å². The van der Waals surface area contributed by atoms with E-state index >= 15 is 0 Å². The smallest absolute Gasteiger partial charge is 0.414 e. The number of amides is 2. The number of carbonyl (C=O) groups is 2. The van der Waals surface area contributed by atoms with Gasteiger partial charge in [-0.1, -0.05) is 7.43 Å². The zero-order chi connectivity index (χ0) is 16.4. The predicted molar refractivity (Wildman–Crippen MR) is 91.7 cm³/mol. The Morgan fingerprint density at radius 3 is 2.25 bits per heavy atom. The van der Waals surface area contributed by atoms with Crippen molar-refractivity contribution in [1.29, 1.82) is 0 Å². The van der Waals surface area contributed by atoms with Crippen molar-refractivity contribution in [1.82, 2.24) is 4.90 Å². The van der Waals surface area contributed by atoms with Gasteiger partial charge in [-0.15, -0.1) is 0 Å². The van der Waals surface area contributed by atoms with Crippen molar-refractivity contribution in [2.75, 3.05) is 49.1 Å². The number of hydrogen-bond donors (Lipinski definition) is 2. The summed E-state index contributed by atoms with van der Waals surface area (Å²) in [5, 5.41) is 8.97. The lowest BCUT2D eigenvalue weighted by Gasteiger charge is -2.34. The quantitative estimate of drug-likeness (QED) is 0.866. The lowest BCUT2D eigenvalue weighted by Crippen LogP contribution is -2.48. The first-order chi connectivity index (χ1) is 11.1. The number of piperazine rings is 1. The highest BCUT2D eigenvalue weighted by Gasteiger charge is 2.31. The molecule has 8 heteroatoms. The average Bonchev–Trinajstić information content (AvgIpc) is 2.96. The average molecular weight is 336 g/mol. The van der Waals surface area contributed by atoms with Crippen molar-refractivity contribution in [2.24, 2.45) is 5.73 Å². The molecule has 0 aliphatic carbocycles. The second kappa shape index (κ2) is 7.39. The van der Waals surface area contributed by atoms with Crippen LogP contribution in [0.2, 0.25) is 0 Å². The number of cyclic esters (lactones) is 1. The number of hydrogen-bond acceptors (Lipinski definition) is 5. The molecule has 0 radical (unpaired) electrons. The number of nitrogens with two attached hydrogens (primary N) is 1. The molecule has 2 heterocycles. The van der Waals surface area contributed by atoms with Gasteiger partial charge in [0.15, 0.2) is 0 Å². The normalized spacial score (nSPS) is 20.6. The Balaban J connectivity index is 0.00000208. The van der Waals surface area contributed by atoms with E-state index in [1.807, 2.05) is 24.3 Å². The van der Waals surface area contributed by atoms with E-state index in [0.717, 1.165) is 11.4 Å². The van der Waals surface area contributed by atoms with Gasteiger partial charge in [-0.3, -0.25) is 4.90 Å². The molecule has 3 rings (SSSR count). The summed E-state index contributed by atoms with van der Waals surface area (Å²) in [5.41, 5.74) is 7.33. The van der Waals surface area contributed by atoms with Crippen LogP contribution in [0.1, 0.15) is 7.43 Å². The molecule has 2 fully saturated rings. The second-order valence-electron chi connectivity index (χ2n) is 5.63. The minimum absolute atomic E-state index is 0. The summed E-state index contributed by atoms with van der Waals surface area (Å²) < 4.78 is 5.15. The molecule has 0 saturated carbocycles. The van der Waals surface area contributed by atoms with E-state index in [-0.39, 0.29) is 19.6 Å². The molecule has 1 aromatic rings. The van der Waals surface area contributed by atoms with E-state index in [1.165, 1.54) is 4.90 Å². The van der Waals surface area contributed by atoms with E-state index in [1.54, 1.807) is 4.90 Å². The van der Waals surface area contributed by atoms with Gasteiger partial charge in [0.2, 0.25) is 0 Å². The maximum atomic E-state index is 11.8. The highest BCUT2D eigenvalue weighted by molar-refractivity contribution is 5.90. The van der Waals surface area contributed by atoms with Crippen molar-refractivity contribution in [3.05, 3.63) is 24.3 Å². The summed E-state index contributed by atoms with van der Waals surface area (Å²) >= 11 is 0. The molecule has 0 aromatic heterocycles. The van der Waals surface area contributed by atoms with Gasteiger partial charge >= 0.3 is 12.2 Å². The Kier molecular flexibility index (Phi) is 5.50. The molecule has 132 valence electrons. The predicted octanol–water partition coefficient (Wildman–Crippen LogP) is 1.41. The standard InChI is InChI=1S/C15H20N4O4.CH4/c16-9-13-10-19(15(22)23-13)12-3-1-11(2-4-12)17-5-7-18(8-6-17)14(20)21;/h1-4,13H,5-10,16H2,(H,20,21);1H4. The minimum Gasteiger partial charge on any atom is -0.465 e. The van der Waals surface area contributed by atoms with Crippen LogP contribution in [0, 0.1) is 0 Å². The highest BCUT2D eigenvalue weighted by Crippen LogP contribution is 2.25. The Morgan fingerprint density at radius 1 is 1.17 bits per heavy atom. The number of ether oxygens (including phenoxy) is 1. The molecule has 3 N–H and O–H groups in total. The van der Waals surface area contributed by atoms with Crippen LogP contribution in [0.15, 0.2) is 24.3 Å². The monoisotopic (exact) mass is 336 g/mol. The van der Waals surface area contributed by atoms with E-state index in [9.17, 15) is 9.59 Å². The lowest BCUT2D eigenvalue weighted by molar-refractivity contribution is 0.142. The van der Waals surface area contributed by atoms with Gasteiger partial charge in [0.1, 0.15) is 6.10 Å². The molecule has 2 aliphatic rings. The largest absolute Gasteiger partial charge is 0.465 e. The second-order valence-corrected chi connectivity index (χ2v) is 5.63. The number of anilines is 2. The van der Waals surface area contributed by atoms with Gasteiger partial charge in [0.25, 0.3) is 0 Å². The van der Waals surface area contributed by atoms with Crippen LogP contribution in [0.25, 0.3) is 0 Å². The highest BCUT2D eigenvalue weighted by atomic mass is 16.6. The maximum absolute atomic E-state index is 11.8. The first-order valence-corrected chi connectivity index (χ1v) is 7.59. The number of benzene rings is 1. The lowest BCUT2D eigenvalue weighted by atomic mass is 10.2. The van der Waals surface area contributed by atoms with Gasteiger partial charge in [-0.2, -0.15) is 0 Å². The fourth-order valence-corrected chi connectivity index (χ4v) is 2.85. The molecular weight excluding hydrogens is 312 g/mol. The van der Waals surface area contributed by atoms with Gasteiger partial charge in [-0.05, 0) is 24.3 Å². The summed E-state index contributed by atoms with van der Waals surface area (Å²) in [6.45, 7) is 3.08. The summed E-state index contributed by atoms with van der Waals surface area (Å²) in [6.07, 6.45) is -1.50. The molecule has 1 atom stereocenters. The van der Waals surface area contributed by atoms with Gasteiger partial charge < -0.3 is 25.4 Å². The Hall–Kier alpha value is -2.48. The molecule has 1 aromatic carbocycles. The Morgan fingerprint density at radius 2 is 1.75 bits per heavy atom. The first kappa shape index (κ1) is 17.9. The SMILES string of the molecule is C.NCC1CN(c2ccc(N3CCN(C(=O)O)CC3)cc2)C(=O)O1. The first-order valence-electron chi connectivity index (χ1n) is 7.59. The molecule has 2 saturated heterocycles. The van der Waals surface area contributed by atoms with E-state index < -0.39 is 6.09 Å². The molecular formula is C16H24N4O4. The molecule has 0 spiro atoms. The number of nitrogens with zero attached hydrogens (tertiary/aromatic N) is 3. The van der Waals surface area contributed by atoms with Gasteiger partial charge in [-0.25, -0.2) is 9.59 Å². The molecule has 1 unspecified atom stereocenters. The summed E-state index contributed by atoms with van der Waals surface area (Å²) in [6, 6.07) is 7.63. The Bertz CT molecular complexity index is 584. The van der Waals surface area contributed by atoms with Gasteiger partial charge in [0, 0.05) is 44.1 Å². The number of carbonyl (C=O) groups excluding carboxylic acids is 1. The summed E-state index contributed by atoms with van der Waals surface area (Å²) in [5.74, 6) is 0. The third-order valence-corrected chi connectivity index (χ3v) is 4.21.